The van der Waals surface area contributed by atoms with Crippen LogP contribution in [0.25, 0.3) is 10.2 Å². The summed E-state index contributed by atoms with van der Waals surface area (Å²) in [4.78, 5) is 30.6. The number of fused-ring (bicyclic) bond motifs is 1. The van der Waals surface area contributed by atoms with E-state index in [1.165, 1.54) is 11.3 Å². The predicted molar refractivity (Wildman–Crippen MR) is 134 cm³/mol. The molecular formula is C26H27N5O2S. The Balaban J connectivity index is 1.45. The van der Waals surface area contributed by atoms with Crippen LogP contribution >= 0.6 is 11.3 Å². The molecule has 1 aliphatic rings. The van der Waals surface area contributed by atoms with E-state index in [4.69, 9.17) is 4.74 Å². The lowest BCUT2D eigenvalue weighted by Crippen LogP contribution is -2.38. The number of benzene rings is 1. The molecule has 8 heteroatoms. The summed E-state index contributed by atoms with van der Waals surface area (Å²) in [6.07, 6.45) is 8.27. The van der Waals surface area contributed by atoms with E-state index in [2.05, 4.69) is 26.3 Å². The Morgan fingerprint density at radius 1 is 1.21 bits per heavy atom. The average Bonchev–Trinajstić information content (AvgIpc) is 3.24. The summed E-state index contributed by atoms with van der Waals surface area (Å²) >= 11 is 1.44. The highest BCUT2D eigenvalue weighted by molar-refractivity contribution is 7.20. The quantitative estimate of drug-likeness (QED) is 0.405. The highest BCUT2D eigenvalue weighted by Gasteiger charge is 2.31. The van der Waals surface area contributed by atoms with Crippen LogP contribution < -0.4 is 10.1 Å². The third-order valence-electron chi connectivity index (χ3n) is 6.39. The number of pyridine rings is 1. The molecular weight excluding hydrogens is 446 g/mol. The molecule has 5 rings (SSSR count). The maximum Gasteiger partial charge on any atom is 0.264 e. The van der Waals surface area contributed by atoms with Crippen LogP contribution in [0.1, 0.15) is 51.7 Å². The number of rotatable bonds is 6. The van der Waals surface area contributed by atoms with Crippen molar-refractivity contribution in [1.29, 1.82) is 0 Å². The molecule has 0 unspecified atom stereocenters. The van der Waals surface area contributed by atoms with Gasteiger partial charge in [-0.1, -0.05) is 24.3 Å². The van der Waals surface area contributed by atoms with Crippen LogP contribution in [-0.4, -0.2) is 39.4 Å². The normalized spacial score (nSPS) is 15.9. The Hall–Kier alpha value is -3.52. The Kier molecular flexibility index (Phi) is 6.40. The summed E-state index contributed by atoms with van der Waals surface area (Å²) < 4.78 is 5.47. The van der Waals surface area contributed by atoms with E-state index in [0.717, 1.165) is 69.2 Å². The molecule has 1 atom stereocenters. The van der Waals surface area contributed by atoms with Gasteiger partial charge in [0, 0.05) is 31.0 Å². The number of likely N-dealkylation sites (tertiary alicyclic amines) is 1. The Bertz CT molecular complexity index is 1310. The van der Waals surface area contributed by atoms with Gasteiger partial charge in [0.1, 0.15) is 22.7 Å². The van der Waals surface area contributed by atoms with Gasteiger partial charge in [-0.2, -0.15) is 0 Å². The predicted octanol–water partition coefficient (Wildman–Crippen LogP) is 5.38. The van der Waals surface area contributed by atoms with E-state index in [-0.39, 0.29) is 11.9 Å². The second kappa shape index (κ2) is 9.77. The van der Waals surface area contributed by atoms with Crippen LogP contribution in [0.4, 0.5) is 5.82 Å². The number of nitrogens with one attached hydrogen (secondary N) is 1. The van der Waals surface area contributed by atoms with Gasteiger partial charge in [0.2, 0.25) is 0 Å². The zero-order valence-electron chi connectivity index (χ0n) is 19.3. The molecule has 0 radical (unpaired) electrons. The first kappa shape index (κ1) is 22.3. The lowest BCUT2D eigenvalue weighted by molar-refractivity contribution is 0.0615. The number of methoxy groups -OCH3 is 1. The highest BCUT2D eigenvalue weighted by Crippen LogP contribution is 2.38. The average molecular weight is 474 g/mol. The van der Waals surface area contributed by atoms with Crippen LogP contribution in [0.15, 0.2) is 55.1 Å². The topological polar surface area (TPSA) is 80.2 Å². The van der Waals surface area contributed by atoms with E-state index < -0.39 is 0 Å². The fourth-order valence-electron chi connectivity index (χ4n) is 4.66. The molecule has 0 bridgehead atoms. The molecule has 0 aliphatic carbocycles. The Morgan fingerprint density at radius 3 is 2.91 bits per heavy atom. The highest BCUT2D eigenvalue weighted by atomic mass is 32.1. The molecule has 34 heavy (non-hydrogen) atoms. The minimum absolute atomic E-state index is 0.0498. The van der Waals surface area contributed by atoms with Gasteiger partial charge in [-0.15, -0.1) is 11.3 Å². The zero-order chi connectivity index (χ0) is 23.5. The molecule has 1 fully saturated rings. The molecule has 0 saturated carbocycles. The van der Waals surface area contributed by atoms with E-state index in [1.54, 1.807) is 19.6 Å². The number of amides is 1. The molecule has 1 amide bonds. The number of carbonyl (C=O) groups is 1. The number of aryl methyl sites for hydroxylation is 1. The van der Waals surface area contributed by atoms with Crippen LogP contribution in [0.5, 0.6) is 5.75 Å². The number of anilines is 1. The molecule has 174 valence electrons. The molecule has 1 N–H and O–H groups in total. The number of carbonyl (C=O) groups excluding carboxylic acids is 1. The molecule has 7 nitrogen and oxygen atoms in total. The summed E-state index contributed by atoms with van der Waals surface area (Å²) in [6, 6.07) is 11.9. The van der Waals surface area contributed by atoms with Crippen molar-refractivity contribution in [3.63, 3.8) is 0 Å². The smallest absolute Gasteiger partial charge is 0.264 e. The fourth-order valence-corrected chi connectivity index (χ4v) is 5.77. The Morgan fingerprint density at radius 2 is 2.09 bits per heavy atom. The molecule has 1 aliphatic heterocycles. The fraction of sp³-hybridized carbons (Fsp3) is 0.308. The molecule has 4 aromatic rings. The van der Waals surface area contributed by atoms with Crippen molar-refractivity contribution in [2.45, 2.75) is 38.8 Å². The minimum Gasteiger partial charge on any atom is -0.496 e. The van der Waals surface area contributed by atoms with Crippen molar-refractivity contribution in [3.8, 4) is 5.75 Å². The number of thiophene rings is 1. The summed E-state index contributed by atoms with van der Waals surface area (Å²) in [6.45, 7) is 3.30. The Labute approximate surface area is 202 Å². The standard InChI is InChI=1S/C26H27N5O2S/c1-17-22-24(28-15-19-8-3-4-11-21(19)33-2)29-16-30-25(22)34-23(17)26(32)31-13-6-5-10-20(31)18-9-7-12-27-14-18/h3-4,7-9,11-12,14,16,20H,5-6,10,13,15H2,1-2H3,(H,28,29,30)/t20-/m0/s1. The number of hydrogen-bond acceptors (Lipinski definition) is 7. The molecule has 0 spiro atoms. The molecule has 1 aromatic carbocycles. The molecule has 1 saturated heterocycles. The third-order valence-corrected chi connectivity index (χ3v) is 7.58. The van der Waals surface area contributed by atoms with Gasteiger partial charge in [0.15, 0.2) is 0 Å². The van der Waals surface area contributed by atoms with Crippen molar-refractivity contribution in [2.24, 2.45) is 0 Å². The first-order chi connectivity index (χ1) is 16.7. The van der Waals surface area contributed by atoms with Gasteiger partial charge < -0.3 is 15.0 Å². The van der Waals surface area contributed by atoms with E-state index >= 15 is 0 Å². The number of para-hydroxylation sites is 1. The van der Waals surface area contributed by atoms with Gasteiger partial charge >= 0.3 is 0 Å². The number of hydrogen-bond donors (Lipinski definition) is 1. The molecule has 3 aromatic heterocycles. The third kappa shape index (κ3) is 4.21. The summed E-state index contributed by atoms with van der Waals surface area (Å²) in [5.41, 5.74) is 3.05. The van der Waals surface area contributed by atoms with E-state index in [0.29, 0.717) is 6.54 Å². The number of ether oxygens (including phenoxy) is 1. The van der Waals surface area contributed by atoms with Crippen LogP contribution in [-0.2, 0) is 6.54 Å². The number of piperidine rings is 1. The maximum absolute atomic E-state index is 13.8. The van der Waals surface area contributed by atoms with Crippen molar-refractivity contribution < 1.29 is 9.53 Å². The number of nitrogens with zero attached hydrogens (tertiary/aromatic N) is 4. The number of aromatic nitrogens is 3. The first-order valence-electron chi connectivity index (χ1n) is 11.5. The van der Waals surface area contributed by atoms with Crippen molar-refractivity contribution in [2.75, 3.05) is 19.0 Å². The molecule has 4 heterocycles. The van der Waals surface area contributed by atoms with Crippen molar-refractivity contribution >= 4 is 33.3 Å². The van der Waals surface area contributed by atoms with Gasteiger partial charge in [-0.25, -0.2) is 9.97 Å². The first-order valence-corrected chi connectivity index (χ1v) is 12.3. The van der Waals surface area contributed by atoms with Gasteiger partial charge in [-0.3, -0.25) is 9.78 Å². The summed E-state index contributed by atoms with van der Waals surface area (Å²) in [7, 11) is 1.67. The van der Waals surface area contributed by atoms with Crippen LogP contribution in [0, 0.1) is 6.92 Å². The van der Waals surface area contributed by atoms with E-state index in [1.807, 2.05) is 48.4 Å². The SMILES string of the molecule is COc1ccccc1CNc1ncnc2sc(C(=O)N3CCCC[C@H]3c3cccnc3)c(C)c12. The van der Waals surface area contributed by atoms with Crippen molar-refractivity contribution in [1.82, 2.24) is 19.9 Å². The lowest BCUT2D eigenvalue weighted by atomic mass is 9.96. The summed E-state index contributed by atoms with van der Waals surface area (Å²) in [5.74, 6) is 1.61. The lowest BCUT2D eigenvalue weighted by Gasteiger charge is -2.35. The monoisotopic (exact) mass is 473 g/mol. The van der Waals surface area contributed by atoms with Crippen molar-refractivity contribution in [3.05, 3.63) is 76.7 Å². The van der Waals surface area contributed by atoms with Gasteiger partial charge in [0.05, 0.1) is 23.4 Å². The minimum atomic E-state index is 0.0498. The second-order valence-electron chi connectivity index (χ2n) is 8.42. The zero-order valence-corrected chi connectivity index (χ0v) is 20.1. The largest absolute Gasteiger partial charge is 0.496 e. The van der Waals surface area contributed by atoms with E-state index in [9.17, 15) is 4.79 Å². The maximum atomic E-state index is 13.8. The van der Waals surface area contributed by atoms with Crippen LogP contribution in [0.2, 0.25) is 0 Å². The van der Waals surface area contributed by atoms with Crippen LogP contribution in [0.3, 0.4) is 0 Å². The summed E-state index contributed by atoms with van der Waals surface area (Å²) in [5, 5.41) is 4.33. The second-order valence-corrected chi connectivity index (χ2v) is 9.42. The van der Waals surface area contributed by atoms with Gasteiger partial charge in [0.25, 0.3) is 5.91 Å². The van der Waals surface area contributed by atoms with Gasteiger partial charge in [-0.05, 0) is 49.4 Å².